The Morgan fingerprint density at radius 3 is 1.25 bits per heavy atom. The molecular formula is C57H38N4. The van der Waals surface area contributed by atoms with E-state index in [0.717, 1.165) is 55.3 Å². The first kappa shape index (κ1) is 35.9. The van der Waals surface area contributed by atoms with Crippen molar-refractivity contribution in [2.75, 3.05) is 0 Å². The zero-order chi connectivity index (χ0) is 40.5. The van der Waals surface area contributed by atoms with Crippen LogP contribution in [0.15, 0.2) is 231 Å². The Hall–Kier alpha value is -8.21. The van der Waals surface area contributed by atoms with E-state index in [1.165, 1.54) is 33.4 Å². The summed E-state index contributed by atoms with van der Waals surface area (Å²) in [5, 5.41) is 2.24. The van der Waals surface area contributed by atoms with Crippen molar-refractivity contribution in [1.29, 1.82) is 0 Å². The Kier molecular flexibility index (Phi) is 9.14. The first-order valence-corrected chi connectivity index (χ1v) is 20.6. The molecule has 0 fully saturated rings. The summed E-state index contributed by atoms with van der Waals surface area (Å²) in [7, 11) is 0. The third-order valence-electron chi connectivity index (χ3n) is 11.5. The molecule has 0 saturated carbocycles. The van der Waals surface area contributed by atoms with Gasteiger partial charge in [0.05, 0.1) is 11.0 Å². The summed E-state index contributed by atoms with van der Waals surface area (Å²) in [4.78, 5) is 15.6. The molecule has 0 N–H and O–H groups in total. The number of nitrogens with zero attached hydrogens (tertiary/aromatic N) is 4. The minimum Gasteiger partial charge on any atom is -0.309 e. The van der Waals surface area contributed by atoms with Gasteiger partial charge in [0, 0.05) is 33.2 Å². The normalized spacial score (nSPS) is 11.3. The average molecular weight is 779 g/mol. The van der Waals surface area contributed by atoms with Crippen molar-refractivity contribution < 1.29 is 0 Å². The molecule has 0 aliphatic carbocycles. The number of hydrogen-bond donors (Lipinski definition) is 0. The van der Waals surface area contributed by atoms with Crippen LogP contribution in [0.5, 0.6) is 0 Å². The molecule has 0 saturated heterocycles. The van der Waals surface area contributed by atoms with Crippen LogP contribution < -0.4 is 0 Å². The minimum atomic E-state index is 0.625. The van der Waals surface area contributed by atoms with Crippen LogP contribution in [0.1, 0.15) is 0 Å². The second-order valence-corrected chi connectivity index (χ2v) is 15.2. The highest BCUT2D eigenvalue weighted by Gasteiger charge is 2.20. The number of rotatable bonds is 8. The lowest BCUT2D eigenvalue weighted by Crippen LogP contribution is -2.00. The summed E-state index contributed by atoms with van der Waals surface area (Å²) >= 11 is 0. The summed E-state index contributed by atoms with van der Waals surface area (Å²) in [6, 6.07) is 81.1. The van der Waals surface area contributed by atoms with Crippen molar-refractivity contribution in [3.8, 4) is 84.4 Å². The van der Waals surface area contributed by atoms with Gasteiger partial charge in [-0.1, -0.05) is 200 Å². The van der Waals surface area contributed by atoms with Crippen molar-refractivity contribution in [3.05, 3.63) is 231 Å². The zero-order valence-corrected chi connectivity index (χ0v) is 33.2. The Labute approximate surface area is 354 Å². The van der Waals surface area contributed by atoms with Crippen LogP contribution in [0.3, 0.4) is 0 Å². The number of benzene rings is 9. The highest BCUT2D eigenvalue weighted by Crippen LogP contribution is 2.39. The maximum absolute atomic E-state index is 5.27. The molecule has 4 heteroatoms. The fourth-order valence-corrected chi connectivity index (χ4v) is 8.44. The zero-order valence-electron chi connectivity index (χ0n) is 33.2. The van der Waals surface area contributed by atoms with Gasteiger partial charge in [0.15, 0.2) is 17.5 Å². The third kappa shape index (κ3) is 6.86. The Morgan fingerprint density at radius 1 is 0.262 bits per heavy atom. The van der Waals surface area contributed by atoms with E-state index >= 15 is 0 Å². The summed E-state index contributed by atoms with van der Waals surface area (Å²) in [5.41, 5.74) is 15.5. The van der Waals surface area contributed by atoms with Crippen molar-refractivity contribution in [2.45, 2.75) is 0 Å². The van der Waals surface area contributed by atoms with E-state index < -0.39 is 0 Å². The monoisotopic (exact) mass is 778 g/mol. The van der Waals surface area contributed by atoms with Gasteiger partial charge in [-0.3, -0.25) is 0 Å². The quantitative estimate of drug-likeness (QED) is 0.154. The van der Waals surface area contributed by atoms with Crippen molar-refractivity contribution in [3.63, 3.8) is 0 Å². The molecular weight excluding hydrogens is 741 g/mol. The molecule has 11 rings (SSSR count). The molecule has 61 heavy (non-hydrogen) atoms. The summed E-state index contributed by atoms with van der Waals surface area (Å²) in [5.74, 6) is 1.88. The third-order valence-corrected chi connectivity index (χ3v) is 11.5. The Bertz CT molecular complexity index is 3300. The largest absolute Gasteiger partial charge is 0.309 e. The predicted molar refractivity (Wildman–Crippen MR) is 252 cm³/mol. The number of para-hydroxylation sites is 1. The maximum Gasteiger partial charge on any atom is 0.164 e. The van der Waals surface area contributed by atoms with Crippen LogP contribution in [-0.4, -0.2) is 19.5 Å². The smallest absolute Gasteiger partial charge is 0.164 e. The van der Waals surface area contributed by atoms with Crippen molar-refractivity contribution in [2.24, 2.45) is 0 Å². The van der Waals surface area contributed by atoms with Crippen LogP contribution in [-0.2, 0) is 0 Å². The SMILES string of the molecule is c1ccc(-c2ccc(-c3ccc(-n4c5ccccc5c5c(-c6nc(-c7ccccc7)nc(-c7cccc(-c8ccc(-c9ccccc9)cc8)c7)n6)cccc54)cc3)cc2)cc1. The summed E-state index contributed by atoms with van der Waals surface area (Å²) in [6.45, 7) is 0. The highest BCUT2D eigenvalue weighted by molar-refractivity contribution is 6.15. The van der Waals surface area contributed by atoms with Gasteiger partial charge < -0.3 is 4.57 Å². The molecule has 0 aliphatic rings. The van der Waals surface area contributed by atoms with E-state index in [1.807, 2.05) is 24.3 Å². The van der Waals surface area contributed by atoms with E-state index in [1.54, 1.807) is 0 Å². The van der Waals surface area contributed by atoms with Gasteiger partial charge in [0.1, 0.15) is 0 Å². The van der Waals surface area contributed by atoms with E-state index in [0.29, 0.717) is 17.5 Å². The Balaban J connectivity index is 1.00. The van der Waals surface area contributed by atoms with Crippen molar-refractivity contribution in [1.82, 2.24) is 19.5 Å². The molecule has 2 aromatic heterocycles. The number of aromatic nitrogens is 4. The number of hydrogen-bond acceptors (Lipinski definition) is 3. The Morgan fingerprint density at radius 2 is 0.656 bits per heavy atom. The van der Waals surface area contributed by atoms with Gasteiger partial charge in [0.25, 0.3) is 0 Å². The van der Waals surface area contributed by atoms with E-state index in [4.69, 9.17) is 15.0 Å². The molecule has 0 spiro atoms. The van der Waals surface area contributed by atoms with Crippen molar-refractivity contribution >= 4 is 21.8 Å². The lowest BCUT2D eigenvalue weighted by Gasteiger charge is -2.12. The summed E-state index contributed by atoms with van der Waals surface area (Å²) in [6.07, 6.45) is 0. The predicted octanol–water partition coefficient (Wildman–Crippen LogP) is 14.6. The number of fused-ring (bicyclic) bond motifs is 3. The van der Waals surface area contributed by atoms with E-state index in [2.05, 4.69) is 211 Å². The molecule has 0 bridgehead atoms. The highest BCUT2D eigenvalue weighted by atomic mass is 15.0. The molecule has 2 heterocycles. The molecule has 11 aromatic rings. The van der Waals surface area contributed by atoms with Gasteiger partial charge in [-0.05, 0) is 74.8 Å². The van der Waals surface area contributed by atoms with Gasteiger partial charge >= 0.3 is 0 Å². The second-order valence-electron chi connectivity index (χ2n) is 15.2. The van der Waals surface area contributed by atoms with E-state index in [9.17, 15) is 0 Å². The van der Waals surface area contributed by atoms with Gasteiger partial charge in [-0.2, -0.15) is 0 Å². The van der Waals surface area contributed by atoms with Gasteiger partial charge in [-0.15, -0.1) is 0 Å². The molecule has 9 aromatic carbocycles. The van der Waals surface area contributed by atoms with Crippen LogP contribution >= 0.6 is 0 Å². The molecule has 286 valence electrons. The average Bonchev–Trinajstić information content (AvgIpc) is 3.69. The van der Waals surface area contributed by atoms with Crippen LogP contribution in [0.4, 0.5) is 0 Å². The van der Waals surface area contributed by atoms with E-state index in [-0.39, 0.29) is 0 Å². The molecule has 0 amide bonds. The van der Waals surface area contributed by atoms with Gasteiger partial charge in [-0.25, -0.2) is 15.0 Å². The van der Waals surface area contributed by atoms with Crippen LogP contribution in [0.2, 0.25) is 0 Å². The molecule has 0 atom stereocenters. The first-order valence-electron chi connectivity index (χ1n) is 20.6. The van der Waals surface area contributed by atoms with Gasteiger partial charge in [0.2, 0.25) is 0 Å². The lowest BCUT2D eigenvalue weighted by atomic mass is 9.99. The summed E-state index contributed by atoms with van der Waals surface area (Å²) < 4.78 is 2.35. The molecule has 0 radical (unpaired) electrons. The van der Waals surface area contributed by atoms with Crippen LogP contribution in [0.25, 0.3) is 106 Å². The molecule has 0 aliphatic heterocycles. The fraction of sp³-hybridized carbons (Fsp3) is 0. The first-order chi connectivity index (χ1) is 30.2. The standard InChI is InChI=1S/C57H38N4/c1-4-14-39(15-5-1)41-26-28-43(29-27-41)44-34-36-49(37-35-44)61-52-24-11-10-22-50(52)54-51(23-13-25-53(54)61)57-59-55(46-18-8-3-9-19-46)58-56(60-57)48-21-12-20-47(38-48)45-32-30-42(31-33-45)40-16-6-2-7-17-40/h1-38H. The molecule has 4 nitrogen and oxygen atoms in total. The second kappa shape index (κ2) is 15.5. The fourth-order valence-electron chi connectivity index (χ4n) is 8.44. The maximum atomic E-state index is 5.27. The van der Waals surface area contributed by atoms with Crippen LogP contribution in [0, 0.1) is 0 Å². The minimum absolute atomic E-state index is 0.625. The lowest BCUT2D eigenvalue weighted by molar-refractivity contribution is 1.08. The molecule has 0 unspecified atom stereocenters. The topological polar surface area (TPSA) is 43.6 Å².